The van der Waals surface area contributed by atoms with E-state index in [1.54, 1.807) is 0 Å². The Morgan fingerprint density at radius 3 is 1.95 bits per heavy atom. The maximum absolute atomic E-state index is 13.5. The molecule has 2 fully saturated rings. The number of halogens is 3. The molecule has 0 aromatic rings. The maximum Gasteiger partial charge on any atom is 0.412 e. The van der Waals surface area contributed by atoms with Gasteiger partial charge in [0.2, 0.25) is 0 Å². The average Bonchev–Trinajstić information content (AvgIpc) is 3.21. The van der Waals surface area contributed by atoms with Crippen LogP contribution in [0, 0.1) is 11.3 Å². The second-order valence-corrected chi connectivity index (χ2v) is 5.79. The van der Waals surface area contributed by atoms with Gasteiger partial charge in [0, 0.05) is 11.5 Å². The fourth-order valence-corrected chi connectivity index (χ4v) is 3.40. The minimum atomic E-state index is -4.55. The van der Waals surface area contributed by atoms with Crippen molar-refractivity contribution in [1.29, 1.82) is 0 Å². The Bertz CT molecular complexity index is 483. The molecule has 7 heteroatoms. The van der Waals surface area contributed by atoms with E-state index in [4.69, 9.17) is 0 Å². The van der Waals surface area contributed by atoms with Gasteiger partial charge in [-0.15, -0.1) is 0 Å². The van der Waals surface area contributed by atoms with Crippen LogP contribution in [0.15, 0.2) is 11.1 Å². The molecule has 2 rings (SSSR count). The number of methoxy groups -OCH3 is 2. The van der Waals surface area contributed by atoms with Gasteiger partial charge in [-0.3, -0.25) is 9.59 Å². The van der Waals surface area contributed by atoms with Gasteiger partial charge in [0.1, 0.15) is 0 Å². The third kappa shape index (κ3) is 2.73. The van der Waals surface area contributed by atoms with Gasteiger partial charge in [-0.05, 0) is 32.1 Å². The number of esters is 2. The number of hydrogen-bond donors (Lipinski definition) is 0. The molecule has 0 N–H and O–H groups in total. The predicted octanol–water partition coefficient (Wildman–Crippen LogP) is 3.16. The largest absolute Gasteiger partial charge is 0.468 e. The average molecular weight is 320 g/mol. The minimum Gasteiger partial charge on any atom is -0.468 e. The Morgan fingerprint density at radius 1 is 1.05 bits per heavy atom. The van der Waals surface area contributed by atoms with E-state index >= 15 is 0 Å². The molecule has 1 unspecified atom stereocenters. The zero-order valence-electron chi connectivity index (χ0n) is 12.6. The maximum atomic E-state index is 13.5. The van der Waals surface area contributed by atoms with Gasteiger partial charge in [-0.2, -0.15) is 13.2 Å². The van der Waals surface area contributed by atoms with Crippen LogP contribution in [0.4, 0.5) is 13.2 Å². The normalized spacial score (nSPS) is 23.7. The molecule has 2 saturated carbocycles. The number of allylic oxidation sites excluding steroid dienone is 2. The minimum absolute atomic E-state index is 0.204. The topological polar surface area (TPSA) is 52.6 Å². The smallest absolute Gasteiger partial charge is 0.412 e. The van der Waals surface area contributed by atoms with Crippen LogP contribution in [0.3, 0.4) is 0 Å². The second-order valence-electron chi connectivity index (χ2n) is 5.79. The van der Waals surface area contributed by atoms with Crippen LogP contribution in [-0.2, 0) is 19.1 Å². The van der Waals surface area contributed by atoms with Gasteiger partial charge < -0.3 is 9.47 Å². The molecule has 0 spiro atoms. The summed E-state index contributed by atoms with van der Waals surface area (Å²) < 4.78 is 49.6. The van der Waals surface area contributed by atoms with Gasteiger partial charge in [0.05, 0.1) is 14.2 Å². The zero-order valence-corrected chi connectivity index (χ0v) is 12.6. The summed E-state index contributed by atoms with van der Waals surface area (Å²) in [6.07, 6.45) is -1.73. The number of carbonyl (C=O) groups excluding carboxylic acids is 2. The quantitative estimate of drug-likeness (QED) is 0.455. The fraction of sp³-hybridized carbons (Fsp3) is 0.733. The molecule has 0 radical (unpaired) electrons. The third-order valence-electron chi connectivity index (χ3n) is 4.55. The molecule has 0 bridgehead atoms. The van der Waals surface area contributed by atoms with Gasteiger partial charge in [0.15, 0.2) is 5.41 Å². The second kappa shape index (κ2) is 5.93. The Kier molecular flexibility index (Phi) is 4.54. The highest BCUT2D eigenvalue weighted by Crippen LogP contribution is 2.62. The summed E-state index contributed by atoms with van der Waals surface area (Å²) in [5.41, 5.74) is -2.24. The summed E-state index contributed by atoms with van der Waals surface area (Å²) in [6, 6.07) is 0. The summed E-state index contributed by atoms with van der Waals surface area (Å²) in [7, 11) is 2.12. The van der Waals surface area contributed by atoms with Crippen molar-refractivity contribution < 1.29 is 32.2 Å². The van der Waals surface area contributed by atoms with Crippen LogP contribution in [0.5, 0.6) is 0 Å². The lowest BCUT2D eigenvalue weighted by Gasteiger charge is -2.23. The lowest BCUT2D eigenvalue weighted by molar-refractivity contribution is -0.162. The van der Waals surface area contributed by atoms with Crippen molar-refractivity contribution >= 4 is 11.9 Å². The van der Waals surface area contributed by atoms with E-state index in [1.165, 1.54) is 0 Å². The summed E-state index contributed by atoms with van der Waals surface area (Å²) in [4.78, 5) is 23.8. The Hall–Kier alpha value is -1.53. The molecular weight excluding hydrogens is 301 g/mol. The van der Waals surface area contributed by atoms with Crippen molar-refractivity contribution in [2.24, 2.45) is 11.3 Å². The molecule has 0 aliphatic heterocycles. The standard InChI is InChI=1S/C15H19F3O4/c1-21-12(19)14(13(20)22-2)8-10(14)11(15(16,17)18)9-6-4-3-5-7-9/h10H,3-8H2,1-2H3. The molecule has 0 aromatic carbocycles. The molecule has 0 aromatic heterocycles. The highest BCUT2D eigenvalue weighted by molar-refractivity contribution is 6.04. The van der Waals surface area contributed by atoms with Crippen molar-refractivity contribution in [3.8, 4) is 0 Å². The van der Waals surface area contributed by atoms with Crippen LogP contribution in [0.2, 0.25) is 0 Å². The van der Waals surface area contributed by atoms with Gasteiger partial charge >= 0.3 is 18.1 Å². The van der Waals surface area contributed by atoms with E-state index in [0.717, 1.165) is 20.6 Å². The van der Waals surface area contributed by atoms with Gasteiger partial charge in [-0.1, -0.05) is 12.0 Å². The molecule has 124 valence electrons. The highest BCUT2D eigenvalue weighted by atomic mass is 19.4. The molecular formula is C15H19F3O4. The van der Waals surface area contributed by atoms with Crippen molar-refractivity contribution in [3.63, 3.8) is 0 Å². The first-order chi connectivity index (χ1) is 10.3. The first-order valence-electron chi connectivity index (χ1n) is 7.25. The number of hydrogen-bond acceptors (Lipinski definition) is 4. The lowest BCUT2D eigenvalue weighted by atomic mass is 9.86. The number of ether oxygens (including phenoxy) is 2. The number of rotatable bonds is 3. The zero-order chi connectivity index (χ0) is 16.5. The predicted molar refractivity (Wildman–Crippen MR) is 70.7 cm³/mol. The van der Waals surface area contributed by atoms with Crippen LogP contribution >= 0.6 is 0 Å². The van der Waals surface area contributed by atoms with E-state index in [2.05, 4.69) is 9.47 Å². The molecule has 0 heterocycles. The Morgan fingerprint density at radius 2 is 1.55 bits per heavy atom. The molecule has 0 saturated heterocycles. The molecule has 22 heavy (non-hydrogen) atoms. The Balaban J connectivity index is 2.42. The van der Waals surface area contributed by atoms with E-state index in [9.17, 15) is 22.8 Å². The molecule has 1 atom stereocenters. The summed E-state index contributed by atoms with van der Waals surface area (Å²) in [5.74, 6) is -3.11. The Labute approximate surface area is 126 Å². The summed E-state index contributed by atoms with van der Waals surface area (Å²) in [6.45, 7) is 0. The first kappa shape index (κ1) is 16.8. The third-order valence-corrected chi connectivity index (χ3v) is 4.55. The molecule has 0 amide bonds. The monoisotopic (exact) mass is 320 g/mol. The van der Waals surface area contributed by atoms with Crippen LogP contribution in [-0.4, -0.2) is 32.3 Å². The van der Waals surface area contributed by atoms with Crippen molar-refractivity contribution in [3.05, 3.63) is 11.1 Å². The lowest BCUT2D eigenvalue weighted by Crippen LogP contribution is -2.33. The van der Waals surface area contributed by atoms with E-state index < -0.39 is 35.0 Å². The fourth-order valence-electron chi connectivity index (χ4n) is 3.40. The van der Waals surface area contributed by atoms with Gasteiger partial charge in [0.25, 0.3) is 0 Å². The number of carbonyl (C=O) groups is 2. The van der Waals surface area contributed by atoms with Crippen molar-refractivity contribution in [1.82, 2.24) is 0 Å². The van der Waals surface area contributed by atoms with E-state index in [-0.39, 0.29) is 6.42 Å². The van der Waals surface area contributed by atoms with Crippen molar-refractivity contribution in [2.45, 2.75) is 44.7 Å². The number of alkyl halides is 3. The van der Waals surface area contributed by atoms with E-state index in [0.29, 0.717) is 31.3 Å². The van der Waals surface area contributed by atoms with E-state index in [1.807, 2.05) is 0 Å². The van der Waals surface area contributed by atoms with Crippen molar-refractivity contribution in [2.75, 3.05) is 14.2 Å². The van der Waals surface area contributed by atoms with Crippen LogP contribution in [0.25, 0.3) is 0 Å². The van der Waals surface area contributed by atoms with Gasteiger partial charge in [-0.25, -0.2) is 0 Å². The molecule has 2 aliphatic rings. The summed E-state index contributed by atoms with van der Waals surface area (Å²) >= 11 is 0. The van der Waals surface area contributed by atoms with Crippen LogP contribution < -0.4 is 0 Å². The molecule has 4 nitrogen and oxygen atoms in total. The summed E-state index contributed by atoms with van der Waals surface area (Å²) in [5, 5.41) is 0. The SMILES string of the molecule is COC(=O)C1(C(=O)OC)CC1C(=C1CCCCC1)C(F)(F)F. The first-order valence-corrected chi connectivity index (χ1v) is 7.25. The molecule has 2 aliphatic carbocycles. The highest BCUT2D eigenvalue weighted by Gasteiger charge is 2.72. The van der Waals surface area contributed by atoms with Crippen LogP contribution in [0.1, 0.15) is 38.5 Å².